The number of anilines is 2. The molecule has 0 aliphatic heterocycles. The van der Waals surface area contributed by atoms with E-state index in [2.05, 4.69) is 5.32 Å². The Kier molecular flexibility index (Phi) is 6.30. The van der Waals surface area contributed by atoms with E-state index < -0.39 is 21.7 Å². The van der Waals surface area contributed by atoms with Crippen molar-refractivity contribution in [2.24, 2.45) is 0 Å². The van der Waals surface area contributed by atoms with Crippen LogP contribution in [0.5, 0.6) is 5.75 Å². The fourth-order valence-electron chi connectivity index (χ4n) is 3.75. The fraction of sp³-hybridized carbons (Fsp3) is 0.160. The molecule has 7 nitrogen and oxygen atoms in total. The maximum Gasteiger partial charge on any atom is 0.291 e. The number of methoxy groups -OCH3 is 1. The van der Waals surface area contributed by atoms with Crippen LogP contribution in [0, 0.1) is 12.7 Å². The largest absolute Gasteiger partial charge is 0.495 e. The number of ether oxygens (including phenoxy) is 1. The summed E-state index contributed by atoms with van der Waals surface area (Å²) in [6, 6.07) is 17.0. The predicted octanol–water partition coefficient (Wildman–Crippen LogP) is 5.36. The Bertz CT molecular complexity index is 1470. The SMILES string of the molecule is CCN(c1ccccc1)S(=O)(=O)c1ccc(OC)c(NC(=O)c2oc3ccc(F)cc3c2C)c1. The number of amides is 1. The Morgan fingerprint density at radius 2 is 1.82 bits per heavy atom. The zero-order valence-corrected chi connectivity index (χ0v) is 19.6. The molecule has 1 N–H and O–H groups in total. The molecule has 0 atom stereocenters. The van der Waals surface area contributed by atoms with E-state index in [0.29, 0.717) is 22.2 Å². The molecule has 3 aromatic carbocycles. The second-order valence-corrected chi connectivity index (χ2v) is 9.38. The summed E-state index contributed by atoms with van der Waals surface area (Å²) < 4.78 is 52.6. The maximum absolute atomic E-state index is 13.6. The minimum atomic E-state index is -3.92. The van der Waals surface area contributed by atoms with E-state index in [-0.39, 0.29) is 28.6 Å². The van der Waals surface area contributed by atoms with Crippen molar-refractivity contribution in [3.8, 4) is 5.75 Å². The molecular formula is C25H23FN2O5S. The van der Waals surface area contributed by atoms with Gasteiger partial charge in [-0.15, -0.1) is 0 Å². The number of benzene rings is 3. The molecule has 1 heterocycles. The van der Waals surface area contributed by atoms with Crippen molar-refractivity contribution in [3.63, 3.8) is 0 Å². The Morgan fingerprint density at radius 3 is 2.50 bits per heavy atom. The molecule has 1 aromatic heterocycles. The predicted molar refractivity (Wildman–Crippen MR) is 129 cm³/mol. The number of rotatable bonds is 7. The molecule has 4 aromatic rings. The van der Waals surface area contributed by atoms with Crippen LogP contribution in [0.2, 0.25) is 0 Å². The summed E-state index contributed by atoms with van der Waals surface area (Å²) in [5.41, 5.74) is 1.52. The lowest BCUT2D eigenvalue weighted by Crippen LogP contribution is -2.30. The van der Waals surface area contributed by atoms with Gasteiger partial charge < -0.3 is 14.5 Å². The standard InChI is InChI=1S/C25H23FN2O5S/c1-4-28(18-8-6-5-7-9-18)34(30,31)19-11-13-23(32-3)21(15-19)27-25(29)24-16(2)20-14-17(26)10-12-22(20)33-24/h5-15H,4H2,1-3H3,(H,27,29). The van der Waals surface area contributed by atoms with E-state index >= 15 is 0 Å². The number of fused-ring (bicyclic) bond motifs is 1. The first-order valence-corrected chi connectivity index (χ1v) is 12.0. The number of carbonyl (C=O) groups is 1. The lowest BCUT2D eigenvalue weighted by atomic mass is 10.1. The summed E-state index contributed by atoms with van der Waals surface area (Å²) in [6.07, 6.45) is 0. The summed E-state index contributed by atoms with van der Waals surface area (Å²) >= 11 is 0. The van der Waals surface area contributed by atoms with Crippen molar-refractivity contribution >= 4 is 38.3 Å². The highest BCUT2D eigenvalue weighted by Gasteiger charge is 2.26. The van der Waals surface area contributed by atoms with Crippen LogP contribution < -0.4 is 14.4 Å². The van der Waals surface area contributed by atoms with Gasteiger partial charge in [0, 0.05) is 17.5 Å². The van der Waals surface area contributed by atoms with Crippen LogP contribution in [0.1, 0.15) is 23.0 Å². The first-order chi connectivity index (χ1) is 16.3. The molecule has 0 radical (unpaired) electrons. The third-order valence-electron chi connectivity index (χ3n) is 5.44. The van der Waals surface area contributed by atoms with Gasteiger partial charge >= 0.3 is 0 Å². The van der Waals surface area contributed by atoms with Gasteiger partial charge in [-0.3, -0.25) is 9.10 Å². The minimum Gasteiger partial charge on any atom is -0.495 e. The van der Waals surface area contributed by atoms with E-state index in [1.165, 1.54) is 47.8 Å². The maximum atomic E-state index is 13.6. The van der Waals surface area contributed by atoms with Gasteiger partial charge in [0.25, 0.3) is 15.9 Å². The highest BCUT2D eigenvalue weighted by atomic mass is 32.2. The Morgan fingerprint density at radius 1 is 1.09 bits per heavy atom. The minimum absolute atomic E-state index is 0.00427. The zero-order chi connectivity index (χ0) is 24.5. The van der Waals surface area contributed by atoms with E-state index in [9.17, 15) is 17.6 Å². The molecule has 0 aliphatic rings. The third kappa shape index (κ3) is 4.22. The number of carbonyl (C=O) groups excluding carboxylic acids is 1. The van der Waals surface area contributed by atoms with E-state index in [4.69, 9.17) is 9.15 Å². The average Bonchev–Trinajstić information content (AvgIpc) is 3.16. The summed E-state index contributed by atoms with van der Waals surface area (Å²) in [6.45, 7) is 3.61. The molecule has 0 saturated carbocycles. The van der Waals surface area contributed by atoms with E-state index in [1.54, 1.807) is 44.2 Å². The van der Waals surface area contributed by atoms with Crippen molar-refractivity contribution < 1.29 is 26.8 Å². The first kappa shape index (κ1) is 23.3. The molecular weight excluding hydrogens is 459 g/mol. The van der Waals surface area contributed by atoms with Crippen molar-refractivity contribution in [1.29, 1.82) is 0 Å². The summed E-state index contributed by atoms with van der Waals surface area (Å²) in [5.74, 6) is -0.788. The van der Waals surface area contributed by atoms with Crippen LogP contribution in [-0.4, -0.2) is 28.0 Å². The fourth-order valence-corrected chi connectivity index (χ4v) is 5.25. The zero-order valence-electron chi connectivity index (χ0n) is 18.8. The van der Waals surface area contributed by atoms with Crippen LogP contribution in [0.15, 0.2) is 76.0 Å². The molecule has 4 rings (SSSR count). The van der Waals surface area contributed by atoms with Crippen molar-refractivity contribution in [3.05, 3.63) is 83.9 Å². The molecule has 34 heavy (non-hydrogen) atoms. The number of halogens is 1. The molecule has 176 valence electrons. The van der Waals surface area contributed by atoms with Crippen molar-refractivity contribution in [2.75, 3.05) is 23.3 Å². The molecule has 0 saturated heterocycles. The quantitative estimate of drug-likeness (QED) is 0.383. The summed E-state index contributed by atoms with van der Waals surface area (Å²) in [5, 5.41) is 3.15. The van der Waals surface area contributed by atoms with E-state index in [0.717, 1.165) is 0 Å². The second kappa shape index (κ2) is 9.18. The third-order valence-corrected chi connectivity index (χ3v) is 7.34. The van der Waals surface area contributed by atoms with E-state index in [1.807, 2.05) is 0 Å². The smallest absolute Gasteiger partial charge is 0.291 e. The molecule has 0 spiro atoms. The molecule has 9 heteroatoms. The van der Waals surface area contributed by atoms with Gasteiger partial charge in [-0.25, -0.2) is 12.8 Å². The second-order valence-electron chi connectivity index (χ2n) is 7.52. The van der Waals surface area contributed by atoms with Gasteiger partial charge in [0.15, 0.2) is 5.76 Å². The number of para-hydroxylation sites is 1. The number of sulfonamides is 1. The van der Waals surface area contributed by atoms with Gasteiger partial charge in [0.2, 0.25) is 0 Å². The average molecular weight is 483 g/mol. The van der Waals surface area contributed by atoms with Gasteiger partial charge in [-0.2, -0.15) is 0 Å². The molecule has 1 amide bonds. The van der Waals surface area contributed by atoms with Gasteiger partial charge in [-0.1, -0.05) is 18.2 Å². The van der Waals surface area contributed by atoms with Crippen LogP contribution in [-0.2, 0) is 10.0 Å². The highest BCUT2D eigenvalue weighted by Crippen LogP contribution is 2.32. The molecule has 0 bridgehead atoms. The van der Waals surface area contributed by atoms with Gasteiger partial charge in [0.1, 0.15) is 17.1 Å². The highest BCUT2D eigenvalue weighted by molar-refractivity contribution is 7.92. The number of hydrogen-bond donors (Lipinski definition) is 1. The van der Waals surface area contributed by atoms with Crippen LogP contribution in [0.25, 0.3) is 11.0 Å². The monoisotopic (exact) mass is 482 g/mol. The number of furan rings is 1. The van der Waals surface area contributed by atoms with Crippen molar-refractivity contribution in [1.82, 2.24) is 0 Å². The van der Waals surface area contributed by atoms with Crippen LogP contribution in [0.3, 0.4) is 0 Å². The van der Waals surface area contributed by atoms with Crippen molar-refractivity contribution in [2.45, 2.75) is 18.7 Å². The van der Waals surface area contributed by atoms with Gasteiger partial charge in [-0.05, 0) is 62.4 Å². The molecule has 0 fully saturated rings. The number of hydrogen-bond acceptors (Lipinski definition) is 5. The number of nitrogens with zero attached hydrogens (tertiary/aromatic N) is 1. The summed E-state index contributed by atoms with van der Waals surface area (Å²) in [7, 11) is -2.51. The normalized spacial score (nSPS) is 11.4. The lowest BCUT2D eigenvalue weighted by molar-refractivity contribution is 0.0997. The number of nitrogens with one attached hydrogen (secondary N) is 1. The van der Waals surface area contributed by atoms with Gasteiger partial charge in [0.05, 0.1) is 23.4 Å². The van der Waals surface area contributed by atoms with Crippen LogP contribution in [0.4, 0.5) is 15.8 Å². The first-order valence-electron chi connectivity index (χ1n) is 10.5. The topological polar surface area (TPSA) is 88.9 Å². The molecule has 0 unspecified atom stereocenters. The Balaban J connectivity index is 1.71. The summed E-state index contributed by atoms with van der Waals surface area (Å²) in [4.78, 5) is 13.0. The Hall–Kier alpha value is -3.85. The lowest BCUT2D eigenvalue weighted by Gasteiger charge is -2.23. The number of aryl methyl sites for hydroxylation is 1. The van der Waals surface area contributed by atoms with Crippen LogP contribution >= 0.6 is 0 Å². The molecule has 0 aliphatic carbocycles. The Labute approximate surface area is 196 Å².